The van der Waals surface area contributed by atoms with Crippen LogP contribution in [0.15, 0.2) is 29.3 Å². The molecule has 0 spiro atoms. The lowest BCUT2D eigenvalue weighted by molar-refractivity contribution is -0.144. The zero-order valence-corrected chi connectivity index (χ0v) is 33.6. The van der Waals surface area contributed by atoms with Crippen LogP contribution in [0, 0.1) is 11.8 Å². The Morgan fingerprint density at radius 2 is 1.21 bits per heavy atom. The molecule has 2 atom stereocenters. The van der Waals surface area contributed by atoms with E-state index in [0.29, 0.717) is 32.5 Å². The molecule has 2 fully saturated rings. The zero-order valence-electron chi connectivity index (χ0n) is 33.6. The van der Waals surface area contributed by atoms with Crippen LogP contribution >= 0.6 is 0 Å². The molecule has 2 aliphatic rings. The zero-order chi connectivity index (χ0) is 37.5. The van der Waals surface area contributed by atoms with E-state index in [1.54, 1.807) is 0 Å². The van der Waals surface area contributed by atoms with Crippen molar-refractivity contribution >= 4 is 17.8 Å². The summed E-state index contributed by atoms with van der Waals surface area (Å²) in [5.74, 6) is 0.415. The minimum absolute atomic E-state index is 0.107. The Morgan fingerprint density at radius 1 is 0.712 bits per heavy atom. The molecule has 1 N–H and O–H groups in total. The van der Waals surface area contributed by atoms with Crippen molar-refractivity contribution in [3.05, 3.63) is 29.3 Å². The van der Waals surface area contributed by atoms with Gasteiger partial charge in [-0.05, 0) is 107 Å². The normalized spacial score (nSPS) is 23.4. The number of hydrogen-bond acceptors (Lipinski definition) is 6. The number of rotatable bonds is 12. The van der Waals surface area contributed by atoms with Crippen molar-refractivity contribution in [1.29, 1.82) is 0 Å². The Kier molecular flexibility index (Phi) is 27.1. The van der Waals surface area contributed by atoms with Gasteiger partial charge >= 0.3 is 11.9 Å². The Morgan fingerprint density at radius 3 is 1.71 bits per heavy atom. The fourth-order valence-electron chi connectivity index (χ4n) is 7.86. The van der Waals surface area contributed by atoms with Gasteiger partial charge in [0.05, 0.1) is 13.2 Å². The summed E-state index contributed by atoms with van der Waals surface area (Å²) in [7, 11) is 0. The standard InChI is InChI=1S/C45H76N2O5/c1-4-7-16-24-39-32-37-51-44(49)29-20-14-10-12-18-26-41(46-43(48)31-36-47-34-22-23-35-47)27-19-13-11-15-21-30-45(50)52-38-33-40(25-17-8-5-2)42(39)28-9-6-3/h39-41H,3-5,7-8,10-27,29-38H2,1-2H3,(H,46,48). The molecule has 0 bridgehead atoms. The summed E-state index contributed by atoms with van der Waals surface area (Å²) in [5, 5.41) is 3.37. The molecule has 7 nitrogen and oxygen atoms in total. The molecular weight excluding hydrogens is 649 g/mol. The molecule has 52 heavy (non-hydrogen) atoms. The molecule has 0 aromatic carbocycles. The van der Waals surface area contributed by atoms with Gasteiger partial charge in [-0.3, -0.25) is 14.4 Å². The highest BCUT2D eigenvalue weighted by Gasteiger charge is 2.24. The molecule has 1 amide bonds. The van der Waals surface area contributed by atoms with Gasteiger partial charge in [0.15, 0.2) is 0 Å². The van der Waals surface area contributed by atoms with Gasteiger partial charge in [0.25, 0.3) is 0 Å². The van der Waals surface area contributed by atoms with Crippen LogP contribution in [-0.2, 0) is 23.9 Å². The Hall–Kier alpha value is -2.55. The summed E-state index contributed by atoms with van der Waals surface area (Å²) in [5.41, 5.74) is 10.4. The van der Waals surface area contributed by atoms with E-state index >= 15 is 0 Å². The van der Waals surface area contributed by atoms with Crippen LogP contribution in [0.1, 0.15) is 187 Å². The van der Waals surface area contributed by atoms with Crippen LogP contribution < -0.4 is 5.32 Å². The Balaban J connectivity index is 2.04. The van der Waals surface area contributed by atoms with Gasteiger partial charge in [-0.1, -0.05) is 115 Å². The highest BCUT2D eigenvalue weighted by atomic mass is 16.5. The van der Waals surface area contributed by atoms with Crippen LogP contribution in [0.5, 0.6) is 0 Å². The topological polar surface area (TPSA) is 84.9 Å². The van der Waals surface area contributed by atoms with Crippen molar-refractivity contribution in [2.75, 3.05) is 32.8 Å². The van der Waals surface area contributed by atoms with Crippen molar-refractivity contribution in [1.82, 2.24) is 10.2 Å². The van der Waals surface area contributed by atoms with Crippen molar-refractivity contribution in [3.63, 3.8) is 0 Å². The number of cyclic esters (lactones) is 2. The third-order valence-electron chi connectivity index (χ3n) is 11.0. The number of hydrogen-bond donors (Lipinski definition) is 1. The van der Waals surface area contributed by atoms with E-state index in [1.165, 1.54) is 18.4 Å². The Labute approximate surface area is 318 Å². The number of likely N-dealkylation sites (tertiary alicyclic amines) is 1. The van der Waals surface area contributed by atoms with Crippen molar-refractivity contribution in [2.45, 2.75) is 193 Å². The molecule has 0 aliphatic carbocycles. The molecule has 296 valence electrons. The summed E-state index contributed by atoms with van der Waals surface area (Å²) in [6, 6.07) is 0.227. The van der Waals surface area contributed by atoms with Crippen molar-refractivity contribution in [3.8, 4) is 0 Å². The highest BCUT2D eigenvalue weighted by molar-refractivity contribution is 5.76. The summed E-state index contributed by atoms with van der Waals surface area (Å²) in [6.07, 6.45) is 26.8. The van der Waals surface area contributed by atoms with Gasteiger partial charge in [-0.2, -0.15) is 0 Å². The molecule has 0 aromatic rings. The molecule has 0 radical (unpaired) electrons. The minimum Gasteiger partial charge on any atom is -0.466 e. The van der Waals surface area contributed by atoms with E-state index in [1.807, 2.05) is 0 Å². The third kappa shape index (κ3) is 22.5. The van der Waals surface area contributed by atoms with Crippen LogP contribution in [0.2, 0.25) is 0 Å². The third-order valence-corrected chi connectivity index (χ3v) is 11.0. The summed E-state index contributed by atoms with van der Waals surface area (Å²) in [6.45, 7) is 12.1. The maximum atomic E-state index is 12.8. The van der Waals surface area contributed by atoms with E-state index in [-0.39, 0.29) is 35.7 Å². The van der Waals surface area contributed by atoms with Gasteiger partial charge in [0.2, 0.25) is 5.91 Å². The summed E-state index contributed by atoms with van der Waals surface area (Å²) < 4.78 is 11.6. The Bertz CT molecular complexity index is 1040. The predicted molar refractivity (Wildman–Crippen MR) is 213 cm³/mol. The van der Waals surface area contributed by atoms with Crippen LogP contribution in [-0.4, -0.2) is 61.6 Å². The van der Waals surface area contributed by atoms with E-state index in [4.69, 9.17) is 9.47 Å². The molecule has 2 rings (SSSR count). The SMILES string of the molecule is C=C=C=C=C1C(CCCCC)CCOC(=O)CCCCCCCC(NC(=O)CCN2CCCC2)CCCCCCCC(=O)OCCC1CCCCC. The van der Waals surface area contributed by atoms with Gasteiger partial charge in [-0.15, -0.1) is 0 Å². The smallest absolute Gasteiger partial charge is 0.305 e. The van der Waals surface area contributed by atoms with Crippen molar-refractivity contribution in [2.24, 2.45) is 11.8 Å². The molecule has 2 aliphatic heterocycles. The first-order chi connectivity index (χ1) is 25.5. The maximum Gasteiger partial charge on any atom is 0.305 e. The monoisotopic (exact) mass is 725 g/mol. The number of unbranched alkanes of at least 4 members (excludes halogenated alkanes) is 4. The fraction of sp³-hybridized carbons (Fsp3) is 0.822. The number of esters is 2. The number of allylic oxidation sites excluding steroid dienone is 1. The first kappa shape index (κ1) is 45.6. The minimum atomic E-state index is -0.107. The molecule has 7 heteroatoms. The molecule has 0 aromatic heterocycles. The van der Waals surface area contributed by atoms with Gasteiger partial charge in [0.1, 0.15) is 0 Å². The first-order valence-electron chi connectivity index (χ1n) is 21.7. The first-order valence-corrected chi connectivity index (χ1v) is 21.7. The van der Waals surface area contributed by atoms with Gasteiger partial charge in [-0.25, -0.2) is 0 Å². The average molecular weight is 725 g/mol. The summed E-state index contributed by atoms with van der Waals surface area (Å²) in [4.78, 5) is 40.7. The number of ether oxygens (including phenoxy) is 2. The number of carbonyl (C=O) groups excluding carboxylic acids is 3. The average Bonchev–Trinajstić information content (AvgIpc) is 3.66. The van der Waals surface area contributed by atoms with E-state index in [9.17, 15) is 14.4 Å². The van der Waals surface area contributed by atoms with Crippen LogP contribution in [0.4, 0.5) is 0 Å². The fourth-order valence-corrected chi connectivity index (χ4v) is 7.86. The number of amides is 1. The highest BCUT2D eigenvalue weighted by Crippen LogP contribution is 2.33. The maximum absolute atomic E-state index is 12.8. The molecule has 2 heterocycles. The number of nitrogens with one attached hydrogen (secondary N) is 1. The number of carbonyl (C=O) groups is 3. The lowest BCUT2D eigenvalue weighted by atomic mass is 9.79. The van der Waals surface area contributed by atoms with E-state index in [0.717, 1.165) is 161 Å². The molecule has 0 saturated carbocycles. The second-order valence-electron chi connectivity index (χ2n) is 15.5. The lowest BCUT2D eigenvalue weighted by Gasteiger charge is -2.26. The second-order valence-corrected chi connectivity index (χ2v) is 15.5. The van der Waals surface area contributed by atoms with Gasteiger partial charge in [0, 0.05) is 31.8 Å². The van der Waals surface area contributed by atoms with Crippen molar-refractivity contribution < 1.29 is 23.9 Å². The van der Waals surface area contributed by atoms with Crippen LogP contribution in [0.25, 0.3) is 0 Å². The van der Waals surface area contributed by atoms with Crippen LogP contribution in [0.3, 0.4) is 0 Å². The predicted octanol–water partition coefficient (Wildman–Crippen LogP) is 10.7. The largest absolute Gasteiger partial charge is 0.466 e. The van der Waals surface area contributed by atoms with E-state index in [2.05, 4.69) is 47.8 Å². The van der Waals surface area contributed by atoms with E-state index < -0.39 is 0 Å². The molecular formula is C45H76N2O5. The summed E-state index contributed by atoms with van der Waals surface area (Å²) >= 11 is 0. The quantitative estimate of drug-likeness (QED) is 0.123. The lowest BCUT2D eigenvalue weighted by Crippen LogP contribution is -2.36. The van der Waals surface area contributed by atoms with Gasteiger partial charge < -0.3 is 19.7 Å². The number of nitrogens with zero attached hydrogens (tertiary/aromatic N) is 1. The molecule has 2 unspecified atom stereocenters. The second kappa shape index (κ2) is 30.9. The molecule has 2 saturated heterocycles.